The summed E-state index contributed by atoms with van der Waals surface area (Å²) in [6.45, 7) is 2.71. The predicted molar refractivity (Wildman–Crippen MR) is 128 cm³/mol. The number of hydrogen-bond donors (Lipinski definition) is 0. The Labute approximate surface area is 200 Å². The summed E-state index contributed by atoms with van der Waals surface area (Å²) in [6.07, 6.45) is 10.0. The lowest BCUT2D eigenvalue weighted by atomic mass is 9.89. The fraction of sp³-hybridized carbons (Fsp3) is 0.154. The molecule has 9 nitrogen and oxygen atoms in total. The molecule has 1 aliphatic carbocycles. The second kappa shape index (κ2) is 7.98. The first-order valence-corrected chi connectivity index (χ1v) is 11.3. The third kappa shape index (κ3) is 3.48. The Morgan fingerprint density at radius 3 is 2.60 bits per heavy atom. The maximum Gasteiger partial charge on any atom is 0.220 e. The van der Waals surface area contributed by atoms with Gasteiger partial charge in [0.05, 0.1) is 12.8 Å². The van der Waals surface area contributed by atoms with Gasteiger partial charge in [-0.1, -0.05) is 11.6 Å². The number of carbonyl (C=O) groups excluding carboxylic acids is 2. The van der Waals surface area contributed by atoms with Crippen LogP contribution in [-0.4, -0.2) is 32.8 Å². The molecular formula is C26H21N5O4. The van der Waals surface area contributed by atoms with E-state index in [0.29, 0.717) is 29.1 Å². The highest BCUT2D eigenvalue weighted by molar-refractivity contribution is 6.26. The normalized spacial score (nSPS) is 14.7. The molecule has 1 aliphatic heterocycles. The van der Waals surface area contributed by atoms with Crippen molar-refractivity contribution in [1.82, 2.24) is 14.7 Å². The fourth-order valence-electron chi connectivity index (χ4n) is 4.51. The van der Waals surface area contributed by atoms with Crippen LogP contribution in [0.1, 0.15) is 44.1 Å². The molecule has 9 heteroatoms. The van der Waals surface area contributed by atoms with E-state index in [1.165, 1.54) is 4.68 Å². The van der Waals surface area contributed by atoms with Gasteiger partial charge in [0, 0.05) is 69.7 Å². The molecule has 0 spiro atoms. The Morgan fingerprint density at radius 2 is 1.77 bits per heavy atom. The molecule has 35 heavy (non-hydrogen) atoms. The van der Waals surface area contributed by atoms with Crippen molar-refractivity contribution in [3.63, 3.8) is 0 Å². The average Bonchev–Trinajstić information content (AvgIpc) is 3.47. The van der Waals surface area contributed by atoms with Crippen molar-refractivity contribution in [1.29, 1.82) is 0 Å². The molecular weight excluding hydrogens is 446 g/mol. The van der Waals surface area contributed by atoms with Crippen molar-refractivity contribution in [2.45, 2.75) is 19.9 Å². The molecule has 0 fully saturated rings. The Balaban J connectivity index is 1.14. The lowest BCUT2D eigenvalue weighted by Crippen LogP contribution is -2.41. The van der Waals surface area contributed by atoms with Gasteiger partial charge in [0.25, 0.3) is 0 Å². The number of rotatable bonds is 5. The summed E-state index contributed by atoms with van der Waals surface area (Å²) in [6, 6.07) is 13.0. The Bertz CT molecular complexity index is 1550. The van der Waals surface area contributed by atoms with Gasteiger partial charge in [0.15, 0.2) is 5.69 Å². The lowest BCUT2D eigenvalue weighted by Gasteiger charge is -2.25. The molecule has 0 radical (unpaired) electrons. The van der Waals surface area contributed by atoms with Gasteiger partial charge in [-0.2, -0.15) is 0 Å². The summed E-state index contributed by atoms with van der Waals surface area (Å²) < 4.78 is 6.73. The van der Waals surface area contributed by atoms with Crippen molar-refractivity contribution in [3.8, 4) is 0 Å². The van der Waals surface area contributed by atoms with E-state index < -0.39 is 5.78 Å². The molecule has 2 aromatic heterocycles. The van der Waals surface area contributed by atoms with Crippen molar-refractivity contribution in [2.75, 3.05) is 11.4 Å². The molecule has 2 aromatic carbocycles. The maximum atomic E-state index is 13.1. The topological polar surface area (TPSA) is 98.5 Å². The van der Waals surface area contributed by atoms with Gasteiger partial charge in [0.1, 0.15) is 5.58 Å². The van der Waals surface area contributed by atoms with Crippen LogP contribution in [0.25, 0.3) is 11.0 Å². The van der Waals surface area contributed by atoms with Crippen LogP contribution >= 0.6 is 0 Å². The van der Waals surface area contributed by atoms with Gasteiger partial charge >= 0.3 is 0 Å². The van der Waals surface area contributed by atoms with E-state index in [1.807, 2.05) is 65.8 Å². The van der Waals surface area contributed by atoms with Crippen LogP contribution < -0.4 is 9.86 Å². The van der Waals surface area contributed by atoms with Gasteiger partial charge in [-0.05, 0) is 43.7 Å². The van der Waals surface area contributed by atoms with Crippen molar-refractivity contribution in [3.05, 3.63) is 107 Å². The summed E-state index contributed by atoms with van der Waals surface area (Å²) in [5.41, 5.74) is 3.26. The molecule has 0 bridgehead atoms. The van der Waals surface area contributed by atoms with Crippen LogP contribution in [0.4, 0.5) is 5.69 Å². The highest BCUT2D eigenvalue weighted by atomic mass is 16.5. The standard InChI is InChI=1S/C26H21N5O4/c1-17-3-6-20-21(15-17)25(32)23-24(26(20)33)30(31(34)27-23)9-2-8-28-10-12-29(13-11-28)19-5-4-18-7-14-35-22(18)16-19/h3-7,10-16H,2,8-9H2,1H3. The number of anilines is 1. The van der Waals surface area contributed by atoms with Gasteiger partial charge < -0.3 is 19.4 Å². The first-order valence-electron chi connectivity index (χ1n) is 11.3. The second-order valence-corrected chi connectivity index (χ2v) is 8.62. The molecule has 3 heterocycles. The van der Waals surface area contributed by atoms with Gasteiger partial charge in [0.2, 0.25) is 17.3 Å². The molecule has 0 saturated heterocycles. The van der Waals surface area contributed by atoms with Crippen LogP contribution in [-0.2, 0) is 6.54 Å². The van der Waals surface area contributed by atoms with E-state index in [-0.39, 0.29) is 23.7 Å². The van der Waals surface area contributed by atoms with Crippen LogP contribution in [0.2, 0.25) is 0 Å². The van der Waals surface area contributed by atoms with E-state index in [1.54, 1.807) is 24.5 Å². The number of benzene rings is 2. The summed E-state index contributed by atoms with van der Waals surface area (Å²) in [5.74, 6) is -0.741. The molecule has 0 saturated carbocycles. The largest absolute Gasteiger partial charge is 0.571 e. The molecule has 2 aliphatic rings. The number of furan rings is 1. The number of ketones is 2. The van der Waals surface area contributed by atoms with E-state index in [9.17, 15) is 14.8 Å². The third-order valence-corrected chi connectivity index (χ3v) is 6.33. The highest BCUT2D eigenvalue weighted by Crippen LogP contribution is 2.27. The predicted octanol–water partition coefficient (Wildman–Crippen LogP) is 3.50. The molecule has 4 aromatic rings. The minimum atomic E-state index is -0.392. The summed E-state index contributed by atoms with van der Waals surface area (Å²) in [7, 11) is 0. The first-order chi connectivity index (χ1) is 17.0. The number of aryl methyl sites for hydroxylation is 1. The van der Waals surface area contributed by atoms with Gasteiger partial charge in [-0.3, -0.25) is 9.59 Å². The lowest BCUT2D eigenvalue weighted by molar-refractivity contribution is -0.749. The van der Waals surface area contributed by atoms with Crippen molar-refractivity contribution < 1.29 is 19.0 Å². The Morgan fingerprint density at radius 1 is 0.943 bits per heavy atom. The SMILES string of the molecule is Cc1ccc2c(c1)C(=O)c1n[n+]([O-])n(CCCN3C=CN(c4ccc5ccoc5c4)C=C3)c1C2=O. The number of fused-ring (bicyclic) bond motifs is 3. The smallest absolute Gasteiger partial charge is 0.220 e. The molecule has 0 N–H and O–H groups in total. The number of hydrogen-bond acceptors (Lipinski definition) is 7. The van der Waals surface area contributed by atoms with E-state index in [4.69, 9.17) is 4.42 Å². The zero-order valence-corrected chi connectivity index (χ0v) is 18.9. The summed E-state index contributed by atoms with van der Waals surface area (Å²) in [5, 5.41) is 17.4. The summed E-state index contributed by atoms with van der Waals surface area (Å²) in [4.78, 5) is 30.3. The molecule has 6 rings (SSSR count). The summed E-state index contributed by atoms with van der Waals surface area (Å²) >= 11 is 0. The van der Waals surface area contributed by atoms with Crippen LogP contribution in [0.3, 0.4) is 0 Å². The van der Waals surface area contributed by atoms with E-state index in [2.05, 4.69) is 5.10 Å². The first kappa shape index (κ1) is 20.9. The average molecular weight is 467 g/mol. The van der Waals surface area contributed by atoms with Crippen LogP contribution in [0.15, 0.2) is 77.9 Å². The zero-order valence-electron chi connectivity index (χ0n) is 18.9. The minimum absolute atomic E-state index is 0.0607. The molecule has 0 atom stereocenters. The quantitative estimate of drug-likeness (QED) is 0.288. The Kier molecular flexibility index (Phi) is 4.77. The Hall–Kier alpha value is -4.66. The monoisotopic (exact) mass is 467 g/mol. The van der Waals surface area contributed by atoms with Crippen LogP contribution in [0, 0.1) is 12.1 Å². The van der Waals surface area contributed by atoms with Crippen molar-refractivity contribution in [2.24, 2.45) is 0 Å². The molecule has 0 amide bonds. The van der Waals surface area contributed by atoms with Gasteiger partial charge in [-0.25, -0.2) is 0 Å². The number of nitrogens with zero attached hydrogens (tertiary/aromatic N) is 5. The fourth-order valence-corrected chi connectivity index (χ4v) is 4.51. The third-order valence-electron chi connectivity index (χ3n) is 6.33. The molecule has 0 unspecified atom stereocenters. The van der Waals surface area contributed by atoms with E-state index in [0.717, 1.165) is 22.2 Å². The van der Waals surface area contributed by atoms with Gasteiger partial charge in [-0.15, -0.1) is 4.68 Å². The zero-order chi connectivity index (χ0) is 24.1. The number of carbonyl (C=O) groups is 2. The van der Waals surface area contributed by atoms with Crippen LogP contribution in [0.5, 0.6) is 0 Å². The number of aromatic nitrogens is 3. The highest BCUT2D eigenvalue weighted by Gasteiger charge is 2.39. The minimum Gasteiger partial charge on any atom is -0.571 e. The second-order valence-electron chi connectivity index (χ2n) is 8.62. The van der Waals surface area contributed by atoms with Crippen molar-refractivity contribution >= 4 is 28.2 Å². The molecule has 174 valence electrons. The van der Waals surface area contributed by atoms with E-state index >= 15 is 0 Å². The maximum absolute atomic E-state index is 13.1.